The predicted molar refractivity (Wildman–Crippen MR) is 155 cm³/mol. The molecule has 2 fully saturated rings. The van der Waals surface area contributed by atoms with Crippen LogP contribution in [0.4, 0.5) is 5.69 Å². The van der Waals surface area contributed by atoms with Crippen molar-refractivity contribution in [3.05, 3.63) is 70.3 Å². The lowest BCUT2D eigenvalue weighted by molar-refractivity contribution is -0.163. The number of benzene rings is 2. The number of thioether (sulfide) groups is 1. The number of aliphatic hydroxyl groups is 1. The molecule has 0 aliphatic carbocycles. The zero-order valence-corrected chi connectivity index (χ0v) is 24.2. The second kappa shape index (κ2) is 11.8. The average Bonchev–Trinajstić information content (AvgIpc) is 3.45. The number of anilines is 1. The number of carboxylic acids is 2. The van der Waals surface area contributed by atoms with Crippen LogP contribution in [0.5, 0.6) is 5.75 Å². The maximum Gasteiger partial charge on any atom is 0.353 e. The summed E-state index contributed by atoms with van der Waals surface area (Å²) in [6, 6.07) is 12.6. The lowest BCUT2D eigenvalue weighted by Crippen LogP contribution is -2.63. The van der Waals surface area contributed by atoms with Crippen molar-refractivity contribution in [3.63, 3.8) is 0 Å². The van der Waals surface area contributed by atoms with Crippen LogP contribution in [0.2, 0.25) is 0 Å². The molecule has 0 radical (unpaired) electrons. The first kappa shape index (κ1) is 29.6. The summed E-state index contributed by atoms with van der Waals surface area (Å²) in [5, 5.41) is 32.2. The molecule has 3 aliphatic rings. The van der Waals surface area contributed by atoms with Crippen molar-refractivity contribution in [3.8, 4) is 5.75 Å². The highest BCUT2D eigenvalue weighted by molar-refractivity contribution is 8.03. The van der Waals surface area contributed by atoms with Crippen LogP contribution in [0, 0.1) is 11.8 Å². The highest BCUT2D eigenvalue weighted by Crippen LogP contribution is 2.52. The van der Waals surface area contributed by atoms with Gasteiger partial charge < -0.3 is 30.3 Å². The molecule has 2 aromatic rings. The van der Waals surface area contributed by atoms with Gasteiger partial charge in [0, 0.05) is 34.8 Å². The first-order chi connectivity index (χ1) is 20.0. The molecule has 11 nitrogen and oxygen atoms in total. The second-order valence-corrected chi connectivity index (χ2v) is 12.3. The van der Waals surface area contributed by atoms with Crippen molar-refractivity contribution in [2.45, 2.75) is 50.3 Å². The van der Waals surface area contributed by atoms with E-state index < -0.39 is 36.0 Å². The largest absolute Gasteiger partial charge is 0.497 e. The Labute approximate surface area is 247 Å². The van der Waals surface area contributed by atoms with Crippen LogP contribution in [0.25, 0.3) is 0 Å². The summed E-state index contributed by atoms with van der Waals surface area (Å²) in [6.45, 7) is 4.32. The van der Waals surface area contributed by atoms with Crippen LogP contribution in [-0.4, -0.2) is 86.0 Å². The van der Waals surface area contributed by atoms with Crippen molar-refractivity contribution >= 4 is 41.2 Å². The summed E-state index contributed by atoms with van der Waals surface area (Å²) < 4.78 is 5.36. The Bertz CT molecular complexity index is 1460. The molecule has 42 heavy (non-hydrogen) atoms. The van der Waals surface area contributed by atoms with E-state index in [-0.39, 0.29) is 34.2 Å². The maximum absolute atomic E-state index is 13.6. The van der Waals surface area contributed by atoms with Gasteiger partial charge in [0.2, 0.25) is 11.8 Å². The Morgan fingerprint density at radius 2 is 1.86 bits per heavy atom. The van der Waals surface area contributed by atoms with Crippen LogP contribution < -0.4 is 10.1 Å². The van der Waals surface area contributed by atoms with Crippen LogP contribution in [0.15, 0.2) is 59.1 Å². The number of aromatic carboxylic acids is 1. The number of methoxy groups -OCH3 is 1. The van der Waals surface area contributed by atoms with E-state index in [1.165, 1.54) is 28.8 Å². The number of carboxylic acid groups (broad SMARTS) is 2. The number of hydrogen-bond donors (Lipinski definition) is 4. The van der Waals surface area contributed by atoms with Crippen molar-refractivity contribution in [2.75, 3.05) is 19.0 Å². The maximum atomic E-state index is 13.6. The van der Waals surface area contributed by atoms with Gasteiger partial charge in [0.25, 0.3) is 0 Å². The van der Waals surface area contributed by atoms with Crippen LogP contribution in [0.1, 0.15) is 36.2 Å². The molecule has 3 aliphatic heterocycles. The molecule has 2 amide bonds. The third-order valence-corrected chi connectivity index (χ3v) is 9.66. The number of ether oxygens (including phenoxy) is 1. The third-order valence-electron chi connectivity index (χ3n) is 8.17. The number of β-lactam (4-membered cyclic amide) rings is 1. The topological polar surface area (TPSA) is 157 Å². The number of aliphatic hydroxyl groups excluding tert-OH is 1. The average molecular weight is 596 g/mol. The SMILES string of the molecule is COc1cccc(CN2C[C@@H](SC3=C(C(=O)O)N4C(=O)[C@H]([C@@H](C)O)[C@H]4[C@H]3C)C[C@H]2C(=O)Nc2cccc(C(=O)O)c2)c1. The van der Waals surface area contributed by atoms with Crippen LogP contribution >= 0.6 is 11.8 Å². The quantitative estimate of drug-likeness (QED) is 0.301. The zero-order chi connectivity index (χ0) is 30.3. The Morgan fingerprint density at radius 3 is 2.52 bits per heavy atom. The van der Waals surface area contributed by atoms with Gasteiger partial charge in [0.15, 0.2) is 0 Å². The number of nitrogens with zero attached hydrogens (tertiary/aromatic N) is 2. The fourth-order valence-corrected chi connectivity index (χ4v) is 7.77. The smallest absolute Gasteiger partial charge is 0.353 e. The minimum Gasteiger partial charge on any atom is -0.497 e. The molecule has 12 heteroatoms. The van der Waals surface area contributed by atoms with E-state index in [1.54, 1.807) is 26.2 Å². The number of amides is 2. The number of rotatable bonds is 10. The van der Waals surface area contributed by atoms with Crippen molar-refractivity contribution in [1.82, 2.24) is 9.80 Å². The highest BCUT2D eigenvalue weighted by atomic mass is 32.2. The van der Waals surface area contributed by atoms with Crippen LogP contribution in [-0.2, 0) is 20.9 Å². The minimum absolute atomic E-state index is 0.0443. The lowest BCUT2D eigenvalue weighted by Gasteiger charge is -2.46. The molecular formula is C30H33N3O8S. The van der Waals surface area contributed by atoms with Gasteiger partial charge in [-0.05, 0) is 49.2 Å². The summed E-state index contributed by atoms with van der Waals surface area (Å²) >= 11 is 1.38. The Kier molecular flexibility index (Phi) is 8.31. The molecule has 4 N–H and O–H groups in total. The molecule has 5 rings (SSSR count). The molecular weight excluding hydrogens is 562 g/mol. The van der Waals surface area contributed by atoms with E-state index >= 15 is 0 Å². The Morgan fingerprint density at radius 1 is 1.12 bits per heavy atom. The van der Waals surface area contributed by atoms with E-state index in [2.05, 4.69) is 5.32 Å². The van der Waals surface area contributed by atoms with E-state index in [9.17, 15) is 34.5 Å². The summed E-state index contributed by atoms with van der Waals surface area (Å²) in [4.78, 5) is 54.0. The highest BCUT2D eigenvalue weighted by Gasteiger charge is 2.60. The van der Waals surface area contributed by atoms with Crippen molar-refractivity contribution in [2.24, 2.45) is 11.8 Å². The summed E-state index contributed by atoms with van der Waals surface area (Å²) in [5.41, 5.74) is 1.31. The normalized spacial score (nSPS) is 26.0. The van der Waals surface area contributed by atoms with E-state index in [0.29, 0.717) is 35.9 Å². The van der Waals surface area contributed by atoms with Crippen molar-refractivity contribution in [1.29, 1.82) is 0 Å². The van der Waals surface area contributed by atoms with Gasteiger partial charge in [0.05, 0.1) is 36.8 Å². The van der Waals surface area contributed by atoms with E-state index in [4.69, 9.17) is 4.74 Å². The van der Waals surface area contributed by atoms with Gasteiger partial charge in [-0.3, -0.25) is 14.5 Å². The monoisotopic (exact) mass is 595 g/mol. The Balaban J connectivity index is 1.40. The van der Waals surface area contributed by atoms with Gasteiger partial charge >= 0.3 is 11.9 Å². The molecule has 3 heterocycles. The van der Waals surface area contributed by atoms with Gasteiger partial charge in [0.1, 0.15) is 11.4 Å². The van der Waals surface area contributed by atoms with Gasteiger partial charge in [-0.1, -0.05) is 25.1 Å². The molecule has 0 bridgehead atoms. The van der Waals surface area contributed by atoms with Crippen LogP contribution in [0.3, 0.4) is 0 Å². The third kappa shape index (κ3) is 5.49. The summed E-state index contributed by atoms with van der Waals surface area (Å²) in [6.07, 6.45) is -0.487. The molecule has 0 unspecified atom stereocenters. The summed E-state index contributed by atoms with van der Waals surface area (Å²) in [7, 11) is 1.58. The number of carbonyl (C=O) groups is 4. The van der Waals surface area contributed by atoms with E-state index in [1.807, 2.05) is 36.1 Å². The number of hydrogen-bond acceptors (Lipinski definition) is 8. The first-order valence-electron chi connectivity index (χ1n) is 13.7. The molecule has 0 aromatic heterocycles. The molecule has 2 aromatic carbocycles. The predicted octanol–water partition coefficient (Wildman–Crippen LogP) is 2.86. The lowest BCUT2D eigenvalue weighted by atomic mass is 9.79. The number of fused-ring (bicyclic) bond motifs is 1. The standard InChI is InChI=1S/C30H33N3O8S/c1-15-24-23(16(2)34)28(36)33(24)25(30(39)40)26(15)42-21-12-22(27(35)31-19-8-5-7-18(11-19)29(37)38)32(14-21)13-17-6-4-9-20(10-17)41-3/h4-11,15-16,21-24,34H,12-14H2,1-3H3,(H,31,35)(H,37,38)(H,39,40)/t15-,16-,21+,22+,23-,24-/m1/s1. The number of carbonyl (C=O) groups excluding carboxylic acids is 2. The molecule has 0 spiro atoms. The number of aliphatic carboxylic acids is 1. The molecule has 6 atom stereocenters. The number of likely N-dealkylation sites (tertiary alicyclic amines) is 1. The fraction of sp³-hybridized carbons (Fsp3) is 0.400. The van der Waals surface area contributed by atoms with Gasteiger partial charge in [-0.25, -0.2) is 9.59 Å². The van der Waals surface area contributed by atoms with Gasteiger partial charge in [-0.2, -0.15) is 0 Å². The number of nitrogens with one attached hydrogen (secondary N) is 1. The fourth-order valence-electron chi connectivity index (χ4n) is 6.21. The molecule has 222 valence electrons. The van der Waals surface area contributed by atoms with Crippen molar-refractivity contribution < 1.29 is 39.2 Å². The Hall–Kier alpha value is -3.87. The summed E-state index contributed by atoms with van der Waals surface area (Å²) in [5.74, 6) is -3.23. The second-order valence-electron chi connectivity index (χ2n) is 10.9. The van der Waals surface area contributed by atoms with E-state index in [0.717, 1.165) is 5.56 Å². The first-order valence-corrected chi connectivity index (χ1v) is 14.5. The molecule has 2 saturated heterocycles. The minimum atomic E-state index is -1.19. The zero-order valence-electron chi connectivity index (χ0n) is 23.4. The molecule has 0 saturated carbocycles. The van der Waals surface area contributed by atoms with Gasteiger partial charge in [-0.15, -0.1) is 11.8 Å².